The number of para-hydroxylation sites is 1. The molecule has 2 amide bonds. The number of hydrogen-bond acceptors (Lipinski definition) is 3. The zero-order valence-corrected chi connectivity index (χ0v) is 12.9. The highest BCUT2D eigenvalue weighted by molar-refractivity contribution is 5.97. The van der Waals surface area contributed by atoms with Gasteiger partial charge in [0.25, 0.3) is 11.8 Å². The van der Waals surface area contributed by atoms with Crippen molar-refractivity contribution in [3.05, 3.63) is 65.5 Å². The molecule has 1 aliphatic heterocycles. The van der Waals surface area contributed by atoms with E-state index in [2.05, 4.69) is 10.6 Å². The Hall–Kier alpha value is -2.89. The lowest BCUT2D eigenvalue weighted by Crippen LogP contribution is -2.41. The van der Waals surface area contributed by atoms with Gasteiger partial charge in [-0.05, 0) is 23.8 Å². The predicted molar refractivity (Wildman–Crippen MR) is 86.4 cm³/mol. The quantitative estimate of drug-likeness (QED) is 0.880. The minimum Gasteiger partial charge on any atom is -0.481 e. The van der Waals surface area contributed by atoms with Crippen molar-refractivity contribution >= 4 is 11.8 Å². The largest absolute Gasteiger partial charge is 0.481 e. The van der Waals surface area contributed by atoms with Crippen molar-refractivity contribution in [1.29, 1.82) is 0 Å². The van der Waals surface area contributed by atoms with E-state index in [0.29, 0.717) is 18.7 Å². The molecule has 0 saturated carbocycles. The second kappa shape index (κ2) is 7.12. The number of benzene rings is 2. The molecule has 24 heavy (non-hydrogen) atoms. The lowest BCUT2D eigenvalue weighted by atomic mass is 9.90. The van der Waals surface area contributed by atoms with Crippen LogP contribution in [0.4, 0.5) is 4.39 Å². The molecule has 2 N–H and O–H groups in total. The van der Waals surface area contributed by atoms with Gasteiger partial charge >= 0.3 is 0 Å². The van der Waals surface area contributed by atoms with Gasteiger partial charge in [0.15, 0.2) is 18.2 Å². The molecule has 1 heterocycles. The Balaban J connectivity index is 1.55. The highest BCUT2D eigenvalue weighted by Gasteiger charge is 2.24. The minimum atomic E-state index is -0.505. The fourth-order valence-corrected chi connectivity index (χ4v) is 2.66. The van der Waals surface area contributed by atoms with E-state index in [9.17, 15) is 14.0 Å². The molecule has 6 heteroatoms. The number of fused-ring (bicyclic) bond motifs is 1. The standard InChI is InChI=1S/C18H17FN2O3/c19-15-7-3-4-8-16(15)24-11-17(22)20-9-12-10-21-18(23)14-6-2-1-5-13(12)14/h1-8,12H,9-11H2,(H,20,22)(H,21,23). The van der Waals surface area contributed by atoms with Crippen molar-refractivity contribution in [2.24, 2.45) is 0 Å². The predicted octanol–water partition coefficient (Wildman–Crippen LogP) is 1.85. The Kier molecular flexibility index (Phi) is 4.74. The Morgan fingerprint density at radius 3 is 2.79 bits per heavy atom. The lowest BCUT2D eigenvalue weighted by molar-refractivity contribution is -0.123. The van der Waals surface area contributed by atoms with Crippen molar-refractivity contribution in [1.82, 2.24) is 10.6 Å². The van der Waals surface area contributed by atoms with Crippen LogP contribution in [0.5, 0.6) is 5.75 Å². The highest BCUT2D eigenvalue weighted by Crippen LogP contribution is 2.23. The molecule has 0 bridgehead atoms. The maximum atomic E-state index is 13.4. The van der Waals surface area contributed by atoms with Crippen LogP contribution in [-0.2, 0) is 4.79 Å². The second-order valence-electron chi connectivity index (χ2n) is 5.52. The summed E-state index contributed by atoms with van der Waals surface area (Å²) in [7, 11) is 0. The molecule has 0 aliphatic carbocycles. The zero-order chi connectivity index (χ0) is 16.9. The number of amides is 2. The van der Waals surface area contributed by atoms with Crippen LogP contribution < -0.4 is 15.4 Å². The molecule has 1 aliphatic rings. The number of carbonyl (C=O) groups excluding carboxylic acids is 2. The third-order valence-corrected chi connectivity index (χ3v) is 3.90. The van der Waals surface area contributed by atoms with Gasteiger partial charge in [0.2, 0.25) is 0 Å². The van der Waals surface area contributed by atoms with Crippen LogP contribution in [0.2, 0.25) is 0 Å². The SMILES string of the molecule is O=C(COc1ccccc1F)NCC1CNC(=O)c2ccccc21. The summed E-state index contributed by atoms with van der Waals surface area (Å²) in [5, 5.41) is 5.57. The van der Waals surface area contributed by atoms with Crippen molar-refractivity contribution in [2.75, 3.05) is 19.7 Å². The maximum Gasteiger partial charge on any atom is 0.257 e. The monoisotopic (exact) mass is 328 g/mol. The summed E-state index contributed by atoms with van der Waals surface area (Å²) in [5.41, 5.74) is 1.54. The fraction of sp³-hybridized carbons (Fsp3) is 0.222. The molecule has 1 atom stereocenters. The number of halogens is 1. The van der Waals surface area contributed by atoms with E-state index in [-0.39, 0.29) is 30.1 Å². The first-order chi connectivity index (χ1) is 11.6. The Labute approximate surface area is 138 Å². The normalized spacial score (nSPS) is 16.0. The minimum absolute atomic E-state index is 0.00342. The van der Waals surface area contributed by atoms with Crippen molar-refractivity contribution in [3.8, 4) is 5.75 Å². The first-order valence-corrected chi connectivity index (χ1v) is 7.66. The Morgan fingerprint density at radius 2 is 1.96 bits per heavy atom. The lowest BCUT2D eigenvalue weighted by Gasteiger charge is -2.25. The number of rotatable bonds is 5. The number of hydrogen-bond donors (Lipinski definition) is 2. The van der Waals surface area contributed by atoms with Gasteiger partial charge in [-0.3, -0.25) is 9.59 Å². The van der Waals surface area contributed by atoms with E-state index in [4.69, 9.17) is 4.74 Å². The Morgan fingerprint density at radius 1 is 1.21 bits per heavy atom. The van der Waals surface area contributed by atoms with Gasteiger partial charge in [0.05, 0.1) is 0 Å². The summed E-state index contributed by atoms with van der Waals surface area (Å²) in [6.07, 6.45) is 0. The molecule has 5 nitrogen and oxygen atoms in total. The number of ether oxygens (including phenoxy) is 1. The van der Waals surface area contributed by atoms with Gasteiger partial charge in [-0.25, -0.2) is 4.39 Å². The molecular formula is C18H17FN2O3. The van der Waals surface area contributed by atoms with Crippen LogP contribution in [-0.4, -0.2) is 31.5 Å². The van der Waals surface area contributed by atoms with Gasteiger partial charge in [-0.2, -0.15) is 0 Å². The molecule has 0 saturated heterocycles. The average molecular weight is 328 g/mol. The Bertz CT molecular complexity index is 763. The van der Waals surface area contributed by atoms with Crippen LogP contribution in [0.1, 0.15) is 21.8 Å². The number of carbonyl (C=O) groups is 2. The van der Waals surface area contributed by atoms with Crippen LogP contribution in [0.25, 0.3) is 0 Å². The van der Waals surface area contributed by atoms with Gasteiger partial charge in [0.1, 0.15) is 0 Å². The summed E-state index contributed by atoms with van der Waals surface area (Å²) in [5.74, 6) is -0.905. The van der Waals surface area contributed by atoms with Crippen molar-refractivity contribution in [3.63, 3.8) is 0 Å². The molecule has 124 valence electrons. The molecule has 0 radical (unpaired) electrons. The smallest absolute Gasteiger partial charge is 0.257 e. The van der Waals surface area contributed by atoms with Crippen LogP contribution in [0.3, 0.4) is 0 Å². The van der Waals surface area contributed by atoms with Crippen LogP contribution in [0, 0.1) is 5.82 Å². The molecule has 0 fully saturated rings. The molecule has 1 unspecified atom stereocenters. The maximum absolute atomic E-state index is 13.4. The topological polar surface area (TPSA) is 67.4 Å². The first kappa shape index (κ1) is 16.0. The third kappa shape index (κ3) is 3.53. The molecule has 2 aromatic rings. The summed E-state index contributed by atoms with van der Waals surface area (Å²) in [6.45, 7) is 0.572. The first-order valence-electron chi connectivity index (χ1n) is 7.66. The summed E-state index contributed by atoms with van der Waals surface area (Å²) >= 11 is 0. The van der Waals surface area contributed by atoms with Crippen molar-refractivity contribution in [2.45, 2.75) is 5.92 Å². The van der Waals surface area contributed by atoms with Gasteiger partial charge in [0, 0.05) is 24.6 Å². The van der Waals surface area contributed by atoms with Gasteiger partial charge in [-0.15, -0.1) is 0 Å². The van der Waals surface area contributed by atoms with Crippen LogP contribution >= 0.6 is 0 Å². The molecular weight excluding hydrogens is 311 g/mol. The molecule has 0 spiro atoms. The fourth-order valence-electron chi connectivity index (χ4n) is 2.66. The van der Waals surface area contributed by atoms with E-state index in [1.807, 2.05) is 18.2 Å². The summed E-state index contributed by atoms with van der Waals surface area (Å²) < 4.78 is 18.6. The molecule has 3 rings (SSSR count). The second-order valence-corrected chi connectivity index (χ2v) is 5.52. The zero-order valence-electron chi connectivity index (χ0n) is 12.9. The van der Waals surface area contributed by atoms with Crippen LogP contribution in [0.15, 0.2) is 48.5 Å². The van der Waals surface area contributed by atoms with E-state index in [0.717, 1.165) is 5.56 Å². The van der Waals surface area contributed by atoms with Crippen molar-refractivity contribution < 1.29 is 18.7 Å². The van der Waals surface area contributed by atoms with E-state index in [1.165, 1.54) is 12.1 Å². The molecule has 0 aromatic heterocycles. The number of nitrogens with one attached hydrogen (secondary N) is 2. The molecule has 2 aromatic carbocycles. The van der Waals surface area contributed by atoms with Gasteiger partial charge < -0.3 is 15.4 Å². The summed E-state index contributed by atoms with van der Waals surface area (Å²) in [4.78, 5) is 23.7. The van der Waals surface area contributed by atoms with E-state index >= 15 is 0 Å². The van der Waals surface area contributed by atoms with E-state index < -0.39 is 5.82 Å². The van der Waals surface area contributed by atoms with E-state index in [1.54, 1.807) is 18.2 Å². The summed E-state index contributed by atoms with van der Waals surface area (Å²) in [6, 6.07) is 13.3. The average Bonchev–Trinajstić information content (AvgIpc) is 2.61. The third-order valence-electron chi connectivity index (χ3n) is 3.90. The highest BCUT2D eigenvalue weighted by atomic mass is 19.1. The van der Waals surface area contributed by atoms with Gasteiger partial charge in [-0.1, -0.05) is 30.3 Å².